The Bertz CT molecular complexity index is 694. The SMILES string of the molecule is CC(C)(C)c1ccccc1NC(=O)CN1CCC(C(=O)N2CCCCCC2)CC1. The molecule has 2 aliphatic heterocycles. The number of carbonyl (C=O) groups excluding carboxylic acids is 2. The molecule has 2 heterocycles. The van der Waals surface area contributed by atoms with E-state index in [0.717, 1.165) is 63.1 Å². The van der Waals surface area contributed by atoms with Gasteiger partial charge in [0, 0.05) is 24.7 Å². The molecule has 1 aromatic carbocycles. The van der Waals surface area contributed by atoms with Crippen LogP contribution in [0, 0.1) is 5.92 Å². The highest BCUT2D eigenvalue weighted by Crippen LogP contribution is 2.29. The molecule has 0 radical (unpaired) electrons. The summed E-state index contributed by atoms with van der Waals surface area (Å²) in [6.45, 7) is 10.3. The smallest absolute Gasteiger partial charge is 0.238 e. The number of para-hydroxylation sites is 1. The summed E-state index contributed by atoms with van der Waals surface area (Å²) in [5.41, 5.74) is 2.03. The van der Waals surface area contributed by atoms with Gasteiger partial charge in [0.25, 0.3) is 0 Å². The van der Waals surface area contributed by atoms with Crippen LogP contribution in [0.5, 0.6) is 0 Å². The minimum absolute atomic E-state index is 0.0179. The third kappa shape index (κ3) is 6.05. The molecule has 3 rings (SSSR count). The summed E-state index contributed by atoms with van der Waals surface area (Å²) in [6.07, 6.45) is 6.50. The van der Waals surface area contributed by atoms with Crippen molar-refractivity contribution in [3.05, 3.63) is 29.8 Å². The van der Waals surface area contributed by atoms with Crippen LogP contribution in [0.4, 0.5) is 5.69 Å². The van der Waals surface area contributed by atoms with Gasteiger partial charge in [-0.05, 0) is 55.8 Å². The van der Waals surface area contributed by atoms with Gasteiger partial charge in [-0.2, -0.15) is 0 Å². The molecule has 29 heavy (non-hydrogen) atoms. The summed E-state index contributed by atoms with van der Waals surface area (Å²) in [6, 6.07) is 8.03. The molecule has 0 aromatic heterocycles. The second-order valence-corrected chi connectivity index (χ2v) is 9.63. The number of hydrogen-bond donors (Lipinski definition) is 1. The number of anilines is 1. The molecule has 2 saturated heterocycles. The number of nitrogens with zero attached hydrogens (tertiary/aromatic N) is 2. The number of benzene rings is 1. The number of carbonyl (C=O) groups is 2. The highest BCUT2D eigenvalue weighted by atomic mass is 16.2. The van der Waals surface area contributed by atoms with E-state index in [-0.39, 0.29) is 17.2 Å². The zero-order chi connectivity index (χ0) is 20.9. The van der Waals surface area contributed by atoms with Crippen LogP contribution < -0.4 is 5.32 Å². The van der Waals surface area contributed by atoms with Crippen LogP contribution in [0.1, 0.15) is 64.9 Å². The Morgan fingerprint density at radius 3 is 2.21 bits per heavy atom. The standard InChI is InChI=1S/C24H37N3O2/c1-24(2,3)20-10-6-7-11-21(20)25-22(28)18-26-16-12-19(13-17-26)23(29)27-14-8-4-5-9-15-27/h6-7,10-11,19H,4-5,8-9,12-18H2,1-3H3,(H,25,28). The number of rotatable bonds is 4. The van der Waals surface area contributed by atoms with Gasteiger partial charge in [0.1, 0.15) is 0 Å². The molecule has 0 bridgehead atoms. The Morgan fingerprint density at radius 1 is 0.966 bits per heavy atom. The largest absolute Gasteiger partial charge is 0.342 e. The van der Waals surface area contributed by atoms with Gasteiger partial charge >= 0.3 is 0 Å². The normalized spacial score (nSPS) is 19.6. The monoisotopic (exact) mass is 399 g/mol. The van der Waals surface area contributed by atoms with Crippen molar-refractivity contribution in [3.63, 3.8) is 0 Å². The van der Waals surface area contributed by atoms with E-state index >= 15 is 0 Å². The third-order valence-electron chi connectivity index (χ3n) is 6.23. The lowest BCUT2D eigenvalue weighted by molar-refractivity contribution is -0.137. The van der Waals surface area contributed by atoms with Crippen LogP contribution in [0.3, 0.4) is 0 Å². The van der Waals surface area contributed by atoms with Gasteiger partial charge in [-0.15, -0.1) is 0 Å². The third-order valence-corrected chi connectivity index (χ3v) is 6.23. The number of piperidine rings is 1. The summed E-state index contributed by atoms with van der Waals surface area (Å²) in [5, 5.41) is 3.10. The van der Waals surface area contributed by atoms with Crippen LogP contribution in [-0.4, -0.2) is 54.3 Å². The van der Waals surface area contributed by atoms with E-state index in [2.05, 4.69) is 42.0 Å². The Hall–Kier alpha value is -1.88. The average molecular weight is 400 g/mol. The molecule has 5 heteroatoms. The van der Waals surface area contributed by atoms with Gasteiger partial charge in [-0.3, -0.25) is 14.5 Å². The van der Waals surface area contributed by atoms with Crippen LogP contribution in [0.15, 0.2) is 24.3 Å². The molecule has 0 saturated carbocycles. The minimum atomic E-state index is -0.0179. The molecule has 0 spiro atoms. The van der Waals surface area contributed by atoms with E-state index in [0.29, 0.717) is 12.5 Å². The summed E-state index contributed by atoms with van der Waals surface area (Å²) in [5.74, 6) is 0.503. The van der Waals surface area contributed by atoms with Gasteiger partial charge in [0.2, 0.25) is 11.8 Å². The molecule has 160 valence electrons. The van der Waals surface area contributed by atoms with Crippen LogP contribution in [-0.2, 0) is 15.0 Å². The molecule has 1 N–H and O–H groups in total. The van der Waals surface area contributed by atoms with Crippen molar-refractivity contribution >= 4 is 17.5 Å². The lowest BCUT2D eigenvalue weighted by Gasteiger charge is -2.33. The molecular formula is C24H37N3O2. The van der Waals surface area contributed by atoms with E-state index in [1.165, 1.54) is 12.8 Å². The van der Waals surface area contributed by atoms with E-state index in [1.807, 2.05) is 18.2 Å². The fraction of sp³-hybridized carbons (Fsp3) is 0.667. The predicted molar refractivity (Wildman–Crippen MR) is 118 cm³/mol. The molecular weight excluding hydrogens is 362 g/mol. The van der Waals surface area contributed by atoms with Crippen molar-refractivity contribution in [2.75, 3.05) is 38.0 Å². The van der Waals surface area contributed by atoms with Gasteiger partial charge in [-0.25, -0.2) is 0 Å². The molecule has 2 aliphatic rings. The first-order chi connectivity index (χ1) is 13.8. The number of likely N-dealkylation sites (tertiary alicyclic amines) is 2. The maximum absolute atomic E-state index is 12.8. The van der Waals surface area contributed by atoms with Crippen LogP contribution in [0.2, 0.25) is 0 Å². The quantitative estimate of drug-likeness (QED) is 0.831. The fourth-order valence-electron chi connectivity index (χ4n) is 4.53. The number of nitrogens with one attached hydrogen (secondary N) is 1. The van der Waals surface area contributed by atoms with E-state index in [4.69, 9.17) is 0 Å². The maximum atomic E-state index is 12.8. The molecule has 0 unspecified atom stereocenters. The zero-order valence-electron chi connectivity index (χ0n) is 18.4. The highest BCUT2D eigenvalue weighted by molar-refractivity contribution is 5.93. The van der Waals surface area contributed by atoms with Gasteiger partial charge < -0.3 is 10.2 Å². The zero-order valence-corrected chi connectivity index (χ0v) is 18.4. The van der Waals surface area contributed by atoms with Crippen LogP contribution >= 0.6 is 0 Å². The Labute approximate surface area is 175 Å². The van der Waals surface area contributed by atoms with Gasteiger partial charge in [0.15, 0.2) is 0 Å². The van der Waals surface area contributed by atoms with Crippen molar-refractivity contribution in [1.29, 1.82) is 0 Å². The first kappa shape index (κ1) is 21.8. The minimum Gasteiger partial charge on any atom is -0.342 e. The highest BCUT2D eigenvalue weighted by Gasteiger charge is 2.29. The van der Waals surface area contributed by atoms with Gasteiger partial charge in [0.05, 0.1) is 6.54 Å². The fourth-order valence-corrected chi connectivity index (χ4v) is 4.53. The lowest BCUT2D eigenvalue weighted by Crippen LogP contribution is -2.44. The summed E-state index contributed by atoms with van der Waals surface area (Å²) >= 11 is 0. The summed E-state index contributed by atoms with van der Waals surface area (Å²) in [4.78, 5) is 29.7. The van der Waals surface area contributed by atoms with Crippen molar-refractivity contribution in [2.45, 2.75) is 64.7 Å². The van der Waals surface area contributed by atoms with Crippen molar-refractivity contribution < 1.29 is 9.59 Å². The second-order valence-electron chi connectivity index (χ2n) is 9.63. The van der Waals surface area contributed by atoms with E-state index < -0.39 is 0 Å². The summed E-state index contributed by atoms with van der Waals surface area (Å²) in [7, 11) is 0. The number of hydrogen-bond acceptors (Lipinski definition) is 3. The molecule has 0 aliphatic carbocycles. The molecule has 0 atom stereocenters. The molecule has 1 aromatic rings. The Balaban J connectivity index is 1.48. The number of amides is 2. The summed E-state index contributed by atoms with van der Waals surface area (Å²) < 4.78 is 0. The first-order valence-corrected chi connectivity index (χ1v) is 11.2. The van der Waals surface area contributed by atoms with Crippen molar-refractivity contribution in [1.82, 2.24) is 9.80 Å². The molecule has 2 amide bonds. The first-order valence-electron chi connectivity index (χ1n) is 11.2. The van der Waals surface area contributed by atoms with Crippen molar-refractivity contribution in [2.24, 2.45) is 5.92 Å². The van der Waals surface area contributed by atoms with Gasteiger partial charge in [-0.1, -0.05) is 51.8 Å². The van der Waals surface area contributed by atoms with E-state index in [1.54, 1.807) is 0 Å². The second kappa shape index (κ2) is 9.75. The Morgan fingerprint density at radius 2 is 1.59 bits per heavy atom. The molecule has 2 fully saturated rings. The Kier molecular flexibility index (Phi) is 7.33. The maximum Gasteiger partial charge on any atom is 0.238 e. The lowest BCUT2D eigenvalue weighted by atomic mass is 9.86. The predicted octanol–water partition coefficient (Wildman–Crippen LogP) is 4.04. The average Bonchev–Trinajstić information content (AvgIpc) is 2.97. The molecule has 5 nitrogen and oxygen atoms in total. The van der Waals surface area contributed by atoms with E-state index in [9.17, 15) is 9.59 Å². The van der Waals surface area contributed by atoms with Crippen molar-refractivity contribution in [3.8, 4) is 0 Å². The topological polar surface area (TPSA) is 52.7 Å². The van der Waals surface area contributed by atoms with Crippen LogP contribution in [0.25, 0.3) is 0 Å².